The van der Waals surface area contributed by atoms with Crippen molar-refractivity contribution in [3.8, 4) is 0 Å². The van der Waals surface area contributed by atoms with Crippen LogP contribution in [0.1, 0.15) is 10.4 Å². The average Bonchev–Trinajstić information content (AvgIpc) is 2.69. The molecule has 156 valence electrons. The first kappa shape index (κ1) is 21.7. The first-order chi connectivity index (χ1) is 14.2. The average molecular weight is 452 g/mol. The van der Waals surface area contributed by atoms with E-state index in [0.29, 0.717) is 22.3 Å². The maximum absolute atomic E-state index is 13.0. The van der Waals surface area contributed by atoms with Crippen molar-refractivity contribution < 1.29 is 26.4 Å². The molecule has 0 saturated carbocycles. The molecule has 0 aliphatic carbocycles. The van der Waals surface area contributed by atoms with E-state index in [4.69, 9.17) is 0 Å². The number of benzene rings is 3. The van der Waals surface area contributed by atoms with Crippen molar-refractivity contribution in [3.05, 3.63) is 84.2 Å². The van der Waals surface area contributed by atoms with Gasteiger partial charge in [-0.05, 0) is 72.8 Å². The molecule has 0 aliphatic rings. The summed E-state index contributed by atoms with van der Waals surface area (Å²) in [5.41, 5.74) is 0.955. The highest BCUT2D eigenvalue weighted by Gasteiger charge is 2.14. The number of amides is 1. The van der Waals surface area contributed by atoms with Crippen LogP contribution in [-0.4, -0.2) is 20.1 Å². The largest absolute Gasteiger partial charge is 0.322 e. The Morgan fingerprint density at radius 3 is 1.97 bits per heavy atom. The van der Waals surface area contributed by atoms with Gasteiger partial charge in [-0.2, -0.15) is 8.78 Å². The lowest BCUT2D eigenvalue weighted by Gasteiger charge is -2.10. The second-order valence-corrected chi connectivity index (χ2v) is 8.74. The molecule has 0 spiro atoms. The molecule has 1 amide bonds. The Hall–Kier alpha value is -2.98. The number of rotatable bonds is 7. The zero-order valence-corrected chi connectivity index (χ0v) is 16.8. The van der Waals surface area contributed by atoms with E-state index in [0.717, 1.165) is 24.3 Å². The number of halogens is 3. The predicted octanol–water partition coefficient (Wildman–Crippen LogP) is 5.19. The molecule has 0 aromatic heterocycles. The van der Waals surface area contributed by atoms with Gasteiger partial charge < -0.3 is 5.32 Å². The molecule has 3 aromatic rings. The summed E-state index contributed by atoms with van der Waals surface area (Å²) in [5.74, 6) is -3.52. The first-order valence-electron chi connectivity index (χ1n) is 8.48. The molecule has 0 unspecified atom stereocenters. The number of alkyl halides is 2. The molecule has 0 radical (unpaired) electrons. The van der Waals surface area contributed by atoms with Crippen molar-refractivity contribution in [2.45, 2.75) is 15.5 Å². The zero-order valence-electron chi connectivity index (χ0n) is 15.2. The van der Waals surface area contributed by atoms with Crippen molar-refractivity contribution in [2.75, 3.05) is 10.0 Å². The maximum atomic E-state index is 13.0. The van der Waals surface area contributed by atoms with Gasteiger partial charge >= 0.3 is 0 Å². The minimum absolute atomic E-state index is 0.0882. The fourth-order valence-electron chi connectivity index (χ4n) is 2.44. The number of nitrogens with one attached hydrogen (secondary N) is 2. The second-order valence-electron chi connectivity index (χ2n) is 5.99. The first-order valence-corrected chi connectivity index (χ1v) is 10.8. The third-order valence-corrected chi connectivity index (χ3v) is 5.98. The Labute approximate surface area is 175 Å². The van der Waals surface area contributed by atoms with Crippen LogP contribution in [0.25, 0.3) is 0 Å². The third kappa shape index (κ3) is 5.77. The molecule has 30 heavy (non-hydrogen) atoms. The fraction of sp³-hybridized carbons (Fsp3) is 0.0500. The van der Waals surface area contributed by atoms with Gasteiger partial charge in [0.25, 0.3) is 21.7 Å². The Morgan fingerprint density at radius 1 is 0.833 bits per heavy atom. The molecule has 5 nitrogen and oxygen atoms in total. The number of hydrogen-bond acceptors (Lipinski definition) is 4. The molecule has 2 N–H and O–H groups in total. The molecular formula is C20H15F3N2O3S2. The minimum atomic E-state index is -3.88. The van der Waals surface area contributed by atoms with Crippen LogP contribution < -0.4 is 10.0 Å². The lowest BCUT2D eigenvalue weighted by molar-refractivity contribution is 0.102. The van der Waals surface area contributed by atoms with E-state index in [1.54, 1.807) is 0 Å². The van der Waals surface area contributed by atoms with E-state index in [1.807, 2.05) is 0 Å². The molecule has 10 heteroatoms. The minimum Gasteiger partial charge on any atom is -0.322 e. The number of sulfonamides is 1. The molecule has 0 saturated heterocycles. The quantitative estimate of drug-likeness (QED) is 0.484. The normalized spacial score (nSPS) is 11.3. The van der Waals surface area contributed by atoms with Crippen LogP contribution in [0.5, 0.6) is 0 Å². The van der Waals surface area contributed by atoms with Crippen LogP contribution in [-0.2, 0) is 10.0 Å². The monoisotopic (exact) mass is 452 g/mol. The van der Waals surface area contributed by atoms with Crippen LogP contribution in [0.4, 0.5) is 24.5 Å². The van der Waals surface area contributed by atoms with Crippen molar-refractivity contribution in [1.29, 1.82) is 0 Å². The number of thioether (sulfide) groups is 1. The molecule has 0 fully saturated rings. The third-order valence-electron chi connectivity index (χ3n) is 3.86. The van der Waals surface area contributed by atoms with E-state index < -0.39 is 27.5 Å². The van der Waals surface area contributed by atoms with Gasteiger partial charge in [0.05, 0.1) is 4.90 Å². The Morgan fingerprint density at radius 2 is 1.40 bits per heavy atom. The molecule has 3 rings (SSSR count). The van der Waals surface area contributed by atoms with Crippen molar-refractivity contribution in [3.63, 3.8) is 0 Å². The van der Waals surface area contributed by atoms with E-state index >= 15 is 0 Å². The number of carbonyl (C=O) groups excluding carboxylic acids is 1. The highest BCUT2D eigenvalue weighted by molar-refractivity contribution is 7.99. The fourth-order valence-corrected chi connectivity index (χ4v) is 4.00. The summed E-state index contributed by atoms with van der Waals surface area (Å²) in [6.45, 7) is 0. The Kier molecular flexibility index (Phi) is 6.68. The molecular weight excluding hydrogens is 437 g/mol. The summed E-state index contributed by atoms with van der Waals surface area (Å²) in [6, 6.07) is 16.0. The van der Waals surface area contributed by atoms with Gasteiger partial charge in [0, 0.05) is 21.8 Å². The highest BCUT2D eigenvalue weighted by atomic mass is 32.2. The van der Waals surface area contributed by atoms with Gasteiger partial charge in [0.1, 0.15) is 5.82 Å². The molecule has 3 aromatic carbocycles. The number of carbonyl (C=O) groups is 1. The Balaban J connectivity index is 1.64. The smallest absolute Gasteiger partial charge is 0.288 e. The van der Waals surface area contributed by atoms with Crippen molar-refractivity contribution >= 4 is 39.1 Å². The predicted molar refractivity (Wildman–Crippen MR) is 110 cm³/mol. The lowest BCUT2D eigenvalue weighted by atomic mass is 10.2. The second kappa shape index (κ2) is 9.23. The van der Waals surface area contributed by atoms with Gasteiger partial charge in [0.15, 0.2) is 0 Å². The van der Waals surface area contributed by atoms with Crippen LogP contribution in [0.15, 0.2) is 82.6 Å². The maximum Gasteiger partial charge on any atom is 0.288 e. The summed E-state index contributed by atoms with van der Waals surface area (Å²) < 4.78 is 64.6. The van der Waals surface area contributed by atoms with Gasteiger partial charge in [0.2, 0.25) is 0 Å². The van der Waals surface area contributed by atoms with Crippen molar-refractivity contribution in [1.82, 2.24) is 0 Å². The van der Waals surface area contributed by atoms with Crippen LogP contribution in [0, 0.1) is 5.82 Å². The Bertz CT molecular complexity index is 1120. The SMILES string of the molecule is O=C(Nc1ccc(NS(=O)(=O)c2ccc(F)cc2)cc1)c1ccc(SC(F)F)cc1. The number of anilines is 2. The van der Waals surface area contributed by atoms with Gasteiger partial charge in [-0.1, -0.05) is 11.8 Å². The zero-order chi connectivity index (χ0) is 21.7. The van der Waals surface area contributed by atoms with Gasteiger partial charge in [-0.3, -0.25) is 9.52 Å². The topological polar surface area (TPSA) is 75.3 Å². The van der Waals surface area contributed by atoms with E-state index in [2.05, 4.69) is 10.0 Å². The standard InChI is InChI=1S/C20H15F3N2O3S2/c21-14-3-11-18(12-4-14)30(27,28)25-16-7-5-15(6-8-16)24-19(26)13-1-9-17(10-2-13)29-20(22)23/h1-12,20,25H,(H,24,26). The van der Waals surface area contributed by atoms with Crippen molar-refractivity contribution in [2.24, 2.45) is 0 Å². The van der Waals surface area contributed by atoms with Gasteiger partial charge in [-0.25, -0.2) is 12.8 Å². The van der Waals surface area contributed by atoms with Crippen LogP contribution in [0.3, 0.4) is 0 Å². The molecule has 0 heterocycles. The van der Waals surface area contributed by atoms with E-state index in [9.17, 15) is 26.4 Å². The summed E-state index contributed by atoms with van der Waals surface area (Å²) >= 11 is 0.388. The lowest BCUT2D eigenvalue weighted by Crippen LogP contribution is -2.14. The summed E-state index contributed by atoms with van der Waals surface area (Å²) in [5, 5.41) is 2.63. The molecule has 0 aliphatic heterocycles. The van der Waals surface area contributed by atoms with Crippen LogP contribution in [0.2, 0.25) is 0 Å². The molecule has 0 bridgehead atoms. The summed E-state index contributed by atoms with van der Waals surface area (Å²) in [7, 11) is -3.88. The van der Waals surface area contributed by atoms with E-state index in [-0.39, 0.29) is 16.1 Å². The summed E-state index contributed by atoms with van der Waals surface area (Å²) in [4.78, 5) is 12.5. The summed E-state index contributed by atoms with van der Waals surface area (Å²) in [6.07, 6.45) is 0. The van der Waals surface area contributed by atoms with E-state index in [1.165, 1.54) is 48.5 Å². The highest BCUT2D eigenvalue weighted by Crippen LogP contribution is 2.25. The molecule has 0 atom stereocenters. The number of hydrogen-bond donors (Lipinski definition) is 2. The van der Waals surface area contributed by atoms with Gasteiger partial charge in [-0.15, -0.1) is 0 Å². The van der Waals surface area contributed by atoms with Crippen LogP contribution >= 0.6 is 11.8 Å².